The number of carbonyl (C=O) groups is 5. The van der Waals surface area contributed by atoms with Crippen molar-refractivity contribution < 1.29 is 24.0 Å². The number of guanidine groups is 1. The second-order valence-corrected chi connectivity index (χ2v) is 14.5. The number of nitrogens with one attached hydrogen (secondary N) is 4. The molecule has 0 spiro atoms. The van der Waals surface area contributed by atoms with Crippen LogP contribution >= 0.6 is 23.2 Å². The first-order valence-corrected chi connectivity index (χ1v) is 18.6. The third kappa shape index (κ3) is 13.7. The van der Waals surface area contributed by atoms with Crippen molar-refractivity contribution in [3.05, 3.63) is 88.2 Å². The van der Waals surface area contributed by atoms with Gasteiger partial charge in [0, 0.05) is 41.1 Å². The number of hydrogen-bond donors (Lipinski definition) is 7. The summed E-state index contributed by atoms with van der Waals surface area (Å²) in [6, 6.07) is 11.4. The van der Waals surface area contributed by atoms with Gasteiger partial charge in [0.25, 0.3) is 5.91 Å². The fraction of sp³-hybridized carbons (Fsp3) is 0.421. The topological polar surface area (TPSA) is 229 Å². The first-order chi connectivity index (χ1) is 25.6. The minimum atomic E-state index is -1.08. The molecule has 0 aliphatic carbocycles. The van der Waals surface area contributed by atoms with Crippen LogP contribution < -0.4 is 38.5 Å². The van der Waals surface area contributed by atoms with E-state index in [4.69, 9.17) is 40.4 Å². The lowest BCUT2D eigenvalue weighted by Crippen LogP contribution is -2.59. The van der Waals surface area contributed by atoms with E-state index in [1.165, 1.54) is 0 Å². The lowest BCUT2D eigenvalue weighted by atomic mass is 9.95. The van der Waals surface area contributed by atoms with Crippen molar-refractivity contribution in [1.82, 2.24) is 25.8 Å². The maximum Gasteiger partial charge on any atom is 0.253 e. The minimum Gasteiger partial charge on any atom is -0.370 e. The fourth-order valence-corrected chi connectivity index (χ4v) is 6.17. The molecule has 0 aliphatic heterocycles. The number of rotatable bonds is 20. The van der Waals surface area contributed by atoms with Crippen LogP contribution in [0.5, 0.6) is 0 Å². The van der Waals surface area contributed by atoms with Crippen LogP contribution in [0.3, 0.4) is 0 Å². The number of benzene rings is 2. The molecule has 3 rings (SSSR count). The Hall–Kier alpha value is -5.08. The molecule has 292 valence electrons. The molecule has 54 heavy (non-hydrogen) atoms. The summed E-state index contributed by atoms with van der Waals surface area (Å²) in [6.07, 6.45) is 4.63. The Balaban J connectivity index is 1.80. The number of nitrogens with two attached hydrogens (primary N) is 3. The molecule has 14 nitrogen and oxygen atoms in total. The summed E-state index contributed by atoms with van der Waals surface area (Å²) in [7, 11) is 0. The molecule has 5 amide bonds. The zero-order chi connectivity index (χ0) is 39.9. The highest BCUT2D eigenvalue weighted by atomic mass is 35.5. The smallest absolute Gasteiger partial charge is 0.253 e. The molecular weight excluding hydrogens is 733 g/mol. The predicted octanol–water partition coefficient (Wildman–Crippen LogP) is 3.21. The lowest BCUT2D eigenvalue weighted by Gasteiger charge is -2.29. The van der Waals surface area contributed by atoms with Crippen molar-refractivity contribution in [2.24, 2.45) is 34.0 Å². The van der Waals surface area contributed by atoms with Crippen LogP contribution in [0.25, 0.3) is 5.69 Å². The Morgan fingerprint density at radius 3 is 2.02 bits per heavy atom. The monoisotopic (exact) mass is 783 g/mol. The third-order valence-electron chi connectivity index (χ3n) is 8.74. The standard InChI is InChI=1S/C38H51Cl2N9O5/c1-5-23(4)32(37(54)46-30(33(41)50)17-24-10-7-6-8-11-24)48-36(53)31(16-22(2)3)47-35(52)29(12-9-14-44-38(42)43)45-34(51)25-13-15-49(21-25)28-19-26(39)18-27(40)20-28/h6-8,10-11,13,15,18-23,29-32H,5,9,12,14,16-17H2,1-4H3,(H2,41,50)(H,45,51)(H,46,54)(H,47,52)(H,48,53)(H4,42,43,44)/t23-,29-,30-,31-,32-/m0/s1. The first kappa shape index (κ1) is 43.3. The van der Waals surface area contributed by atoms with Crippen molar-refractivity contribution in [2.45, 2.75) is 84.0 Å². The van der Waals surface area contributed by atoms with Gasteiger partial charge >= 0.3 is 0 Å². The van der Waals surface area contributed by atoms with Crippen LogP contribution in [0.4, 0.5) is 0 Å². The number of nitrogens with zero attached hydrogens (tertiary/aromatic N) is 2. The lowest BCUT2D eigenvalue weighted by molar-refractivity contribution is -0.134. The van der Waals surface area contributed by atoms with E-state index in [2.05, 4.69) is 26.3 Å². The number of carbonyl (C=O) groups excluding carboxylic acids is 5. The molecule has 0 saturated carbocycles. The summed E-state index contributed by atoms with van der Waals surface area (Å²) in [6.45, 7) is 7.64. The fourth-order valence-electron chi connectivity index (χ4n) is 5.66. The molecule has 3 aromatic rings. The quantitative estimate of drug-likeness (QED) is 0.0514. The second-order valence-electron chi connectivity index (χ2n) is 13.6. The summed E-state index contributed by atoms with van der Waals surface area (Å²) in [5.74, 6) is -3.55. The Bertz CT molecular complexity index is 1760. The van der Waals surface area contributed by atoms with E-state index >= 15 is 0 Å². The zero-order valence-electron chi connectivity index (χ0n) is 31.0. The van der Waals surface area contributed by atoms with Gasteiger partial charge in [0.15, 0.2) is 5.96 Å². The first-order valence-electron chi connectivity index (χ1n) is 17.8. The van der Waals surface area contributed by atoms with E-state index in [0.29, 0.717) is 28.6 Å². The number of primary amides is 1. The van der Waals surface area contributed by atoms with Crippen molar-refractivity contribution in [1.29, 1.82) is 0 Å². The van der Waals surface area contributed by atoms with E-state index in [1.54, 1.807) is 48.1 Å². The number of aromatic nitrogens is 1. The van der Waals surface area contributed by atoms with Gasteiger partial charge in [-0.3, -0.25) is 29.0 Å². The van der Waals surface area contributed by atoms with Gasteiger partial charge in [0.1, 0.15) is 24.2 Å². The van der Waals surface area contributed by atoms with Crippen LogP contribution in [-0.2, 0) is 25.6 Å². The van der Waals surface area contributed by atoms with Gasteiger partial charge in [-0.15, -0.1) is 0 Å². The highest BCUT2D eigenvalue weighted by Crippen LogP contribution is 2.22. The average molecular weight is 785 g/mol. The van der Waals surface area contributed by atoms with Gasteiger partial charge in [-0.25, -0.2) is 0 Å². The highest BCUT2D eigenvalue weighted by Gasteiger charge is 2.33. The van der Waals surface area contributed by atoms with Crippen molar-refractivity contribution in [2.75, 3.05) is 6.54 Å². The van der Waals surface area contributed by atoms with Crippen molar-refractivity contribution in [3.63, 3.8) is 0 Å². The zero-order valence-corrected chi connectivity index (χ0v) is 32.5. The molecule has 0 unspecified atom stereocenters. The number of aliphatic imine (C=N–C) groups is 1. The molecule has 2 aromatic carbocycles. The van der Waals surface area contributed by atoms with Crippen LogP contribution in [0.15, 0.2) is 72.0 Å². The van der Waals surface area contributed by atoms with Gasteiger partial charge in [0.05, 0.1) is 5.56 Å². The van der Waals surface area contributed by atoms with Crippen LogP contribution in [0.2, 0.25) is 10.0 Å². The molecular formula is C38H51Cl2N9O5. The van der Waals surface area contributed by atoms with Crippen molar-refractivity contribution >= 4 is 58.7 Å². The average Bonchev–Trinajstić information content (AvgIpc) is 3.61. The van der Waals surface area contributed by atoms with E-state index in [1.807, 2.05) is 51.1 Å². The number of hydrogen-bond acceptors (Lipinski definition) is 6. The molecule has 1 aromatic heterocycles. The summed E-state index contributed by atoms with van der Waals surface area (Å²) in [5, 5.41) is 11.9. The predicted molar refractivity (Wildman–Crippen MR) is 211 cm³/mol. The maximum atomic E-state index is 13.9. The van der Waals surface area contributed by atoms with E-state index in [0.717, 1.165) is 5.56 Å². The van der Waals surface area contributed by atoms with Crippen LogP contribution in [0.1, 0.15) is 69.3 Å². The van der Waals surface area contributed by atoms with Crippen molar-refractivity contribution in [3.8, 4) is 5.69 Å². The Labute approximate surface area is 326 Å². The van der Waals surface area contributed by atoms with E-state index in [9.17, 15) is 24.0 Å². The van der Waals surface area contributed by atoms with Gasteiger partial charge < -0.3 is 43.0 Å². The summed E-state index contributed by atoms with van der Waals surface area (Å²) in [4.78, 5) is 71.2. The van der Waals surface area contributed by atoms with Crippen LogP contribution in [0, 0.1) is 11.8 Å². The third-order valence-corrected chi connectivity index (χ3v) is 9.18. The highest BCUT2D eigenvalue weighted by molar-refractivity contribution is 6.34. The molecule has 1 heterocycles. The van der Waals surface area contributed by atoms with Gasteiger partial charge in [-0.05, 0) is 60.9 Å². The largest absolute Gasteiger partial charge is 0.370 e. The van der Waals surface area contributed by atoms with E-state index in [-0.39, 0.29) is 49.2 Å². The Morgan fingerprint density at radius 2 is 1.43 bits per heavy atom. The van der Waals surface area contributed by atoms with E-state index < -0.39 is 53.7 Å². The molecule has 0 saturated heterocycles. The Kier molecular flexibility index (Phi) is 16.8. The molecule has 16 heteroatoms. The Morgan fingerprint density at radius 1 is 0.796 bits per heavy atom. The minimum absolute atomic E-state index is 0.0447. The molecule has 0 fully saturated rings. The SMILES string of the molecule is CC[C@H](C)[C@H](NC(=O)[C@H](CC(C)C)NC(=O)[C@H](CCCN=C(N)N)NC(=O)c1ccn(-c2cc(Cl)cc(Cl)c2)c1)C(=O)N[C@@H](Cc1ccccc1)C(N)=O. The maximum absolute atomic E-state index is 13.9. The van der Waals surface area contributed by atoms with Crippen LogP contribution in [-0.4, -0.2) is 70.8 Å². The summed E-state index contributed by atoms with van der Waals surface area (Å²) in [5.41, 5.74) is 18.3. The second kappa shape index (κ2) is 21.0. The van der Waals surface area contributed by atoms with Gasteiger partial charge in [-0.2, -0.15) is 0 Å². The number of amides is 5. The van der Waals surface area contributed by atoms with Gasteiger partial charge in [-0.1, -0.05) is 87.6 Å². The molecule has 0 aliphatic rings. The molecule has 5 atom stereocenters. The summed E-state index contributed by atoms with van der Waals surface area (Å²) < 4.78 is 1.67. The normalized spacial score (nSPS) is 13.8. The van der Waals surface area contributed by atoms with Gasteiger partial charge in [0.2, 0.25) is 23.6 Å². The molecule has 0 bridgehead atoms. The molecule has 10 N–H and O–H groups in total. The molecule has 0 radical (unpaired) electrons. The summed E-state index contributed by atoms with van der Waals surface area (Å²) >= 11 is 12.3. The number of halogens is 2.